The fraction of sp³-hybridized carbons (Fsp3) is 0.231. The molecule has 2 aromatic rings. The van der Waals surface area contributed by atoms with Gasteiger partial charge in [0.05, 0.1) is 5.69 Å². The topological polar surface area (TPSA) is 85.4 Å². The van der Waals surface area contributed by atoms with Gasteiger partial charge in [-0.25, -0.2) is 9.78 Å². The van der Waals surface area contributed by atoms with Gasteiger partial charge in [0.25, 0.3) is 0 Å². The van der Waals surface area contributed by atoms with Crippen molar-refractivity contribution in [3.8, 4) is 5.75 Å². The summed E-state index contributed by atoms with van der Waals surface area (Å²) in [5.41, 5.74) is 6.99. The van der Waals surface area contributed by atoms with Gasteiger partial charge in [-0.2, -0.15) is 0 Å². The Labute approximate surface area is 114 Å². The number of anilines is 1. The minimum Gasteiger partial charge on any atom is -0.486 e. The SMILES string of the molecule is Cc1nc(COc2ccc(N)cc2C(=O)O)sc1C. The molecule has 5 nitrogen and oxygen atoms in total. The number of thiazole rings is 1. The van der Waals surface area contributed by atoms with E-state index in [0.717, 1.165) is 15.6 Å². The molecule has 0 aliphatic carbocycles. The van der Waals surface area contributed by atoms with Gasteiger partial charge >= 0.3 is 5.97 Å². The summed E-state index contributed by atoms with van der Waals surface area (Å²) >= 11 is 1.54. The lowest BCUT2D eigenvalue weighted by Crippen LogP contribution is -2.04. The Hall–Kier alpha value is -2.08. The lowest BCUT2D eigenvalue weighted by molar-refractivity contribution is 0.0692. The number of carboxylic acid groups (broad SMARTS) is 1. The van der Waals surface area contributed by atoms with E-state index >= 15 is 0 Å². The Bertz CT molecular complexity index is 603. The smallest absolute Gasteiger partial charge is 0.339 e. The highest BCUT2D eigenvalue weighted by molar-refractivity contribution is 7.11. The summed E-state index contributed by atoms with van der Waals surface area (Å²) in [5.74, 6) is -0.763. The third-order valence-electron chi connectivity index (χ3n) is 2.66. The molecule has 0 saturated carbocycles. The van der Waals surface area contributed by atoms with Crippen LogP contribution in [-0.4, -0.2) is 16.1 Å². The van der Waals surface area contributed by atoms with E-state index in [1.165, 1.54) is 6.07 Å². The number of nitrogens with two attached hydrogens (primary N) is 1. The normalized spacial score (nSPS) is 10.4. The first-order valence-electron chi connectivity index (χ1n) is 5.66. The molecule has 0 radical (unpaired) electrons. The van der Waals surface area contributed by atoms with Crippen molar-refractivity contribution in [2.45, 2.75) is 20.5 Å². The van der Waals surface area contributed by atoms with Crippen LogP contribution in [0.25, 0.3) is 0 Å². The summed E-state index contributed by atoms with van der Waals surface area (Å²) in [4.78, 5) is 16.6. The van der Waals surface area contributed by atoms with Crippen LogP contribution in [-0.2, 0) is 6.61 Å². The van der Waals surface area contributed by atoms with Crippen molar-refractivity contribution in [2.75, 3.05) is 5.73 Å². The molecule has 100 valence electrons. The first kappa shape index (κ1) is 13.4. The average Bonchev–Trinajstić information content (AvgIpc) is 2.67. The molecule has 1 heterocycles. The van der Waals surface area contributed by atoms with Gasteiger partial charge in [-0.1, -0.05) is 0 Å². The number of rotatable bonds is 4. The van der Waals surface area contributed by atoms with Crippen LogP contribution in [0.15, 0.2) is 18.2 Å². The molecule has 6 heteroatoms. The molecule has 0 amide bonds. The maximum absolute atomic E-state index is 11.1. The number of nitrogen functional groups attached to an aromatic ring is 1. The van der Waals surface area contributed by atoms with Crippen molar-refractivity contribution in [3.05, 3.63) is 39.3 Å². The summed E-state index contributed by atoms with van der Waals surface area (Å²) in [6, 6.07) is 4.56. The molecule has 0 spiro atoms. The number of carboxylic acids is 1. The van der Waals surface area contributed by atoms with Gasteiger partial charge in [0.15, 0.2) is 0 Å². The third kappa shape index (κ3) is 3.03. The molecule has 0 fully saturated rings. The van der Waals surface area contributed by atoms with Crippen LogP contribution >= 0.6 is 11.3 Å². The molecule has 19 heavy (non-hydrogen) atoms. The zero-order valence-electron chi connectivity index (χ0n) is 10.6. The molecule has 0 atom stereocenters. The van der Waals surface area contributed by atoms with Gasteiger partial charge in [-0.3, -0.25) is 0 Å². The lowest BCUT2D eigenvalue weighted by Gasteiger charge is -2.08. The van der Waals surface area contributed by atoms with Crippen molar-refractivity contribution in [1.29, 1.82) is 0 Å². The van der Waals surface area contributed by atoms with Gasteiger partial charge in [0, 0.05) is 10.6 Å². The molecule has 1 aromatic carbocycles. The monoisotopic (exact) mass is 278 g/mol. The van der Waals surface area contributed by atoms with E-state index in [1.807, 2.05) is 13.8 Å². The number of aromatic carboxylic acids is 1. The van der Waals surface area contributed by atoms with Crippen molar-refractivity contribution in [1.82, 2.24) is 4.98 Å². The summed E-state index contributed by atoms with van der Waals surface area (Å²) in [6.07, 6.45) is 0. The highest BCUT2D eigenvalue weighted by Crippen LogP contribution is 2.24. The highest BCUT2D eigenvalue weighted by atomic mass is 32.1. The van der Waals surface area contributed by atoms with Crippen LogP contribution < -0.4 is 10.5 Å². The van der Waals surface area contributed by atoms with E-state index in [9.17, 15) is 4.79 Å². The van der Waals surface area contributed by atoms with Gasteiger partial charge in [-0.05, 0) is 32.0 Å². The fourth-order valence-corrected chi connectivity index (χ4v) is 2.43. The molecule has 1 aromatic heterocycles. The number of benzene rings is 1. The third-order valence-corrected chi connectivity index (χ3v) is 3.70. The van der Waals surface area contributed by atoms with E-state index in [-0.39, 0.29) is 12.2 Å². The summed E-state index contributed by atoms with van der Waals surface area (Å²) in [7, 11) is 0. The Kier molecular flexibility index (Phi) is 3.71. The molecule has 0 saturated heterocycles. The number of carbonyl (C=O) groups is 1. The molecule has 2 rings (SSSR count). The summed E-state index contributed by atoms with van der Waals surface area (Å²) in [5, 5.41) is 9.91. The van der Waals surface area contributed by atoms with Gasteiger partial charge in [0.1, 0.15) is 22.9 Å². The molecular weight excluding hydrogens is 264 g/mol. The fourth-order valence-electron chi connectivity index (χ4n) is 1.58. The molecule has 0 unspecified atom stereocenters. The summed E-state index contributed by atoms with van der Waals surface area (Å²) < 4.78 is 5.52. The van der Waals surface area contributed by atoms with E-state index in [1.54, 1.807) is 23.5 Å². The Morgan fingerprint density at radius 3 is 2.79 bits per heavy atom. The van der Waals surface area contributed by atoms with Crippen molar-refractivity contribution in [2.24, 2.45) is 0 Å². The Morgan fingerprint density at radius 2 is 2.21 bits per heavy atom. The largest absolute Gasteiger partial charge is 0.486 e. The number of aromatic nitrogens is 1. The van der Waals surface area contributed by atoms with E-state index in [2.05, 4.69) is 4.98 Å². The quantitative estimate of drug-likeness (QED) is 0.840. The van der Waals surface area contributed by atoms with Crippen molar-refractivity contribution >= 4 is 23.0 Å². The van der Waals surface area contributed by atoms with Gasteiger partial charge in [-0.15, -0.1) is 11.3 Å². The lowest BCUT2D eigenvalue weighted by atomic mass is 10.2. The van der Waals surface area contributed by atoms with Gasteiger partial charge < -0.3 is 15.6 Å². The summed E-state index contributed by atoms with van der Waals surface area (Å²) in [6.45, 7) is 4.17. The first-order chi connectivity index (χ1) is 8.97. The first-order valence-corrected chi connectivity index (χ1v) is 6.47. The van der Waals surface area contributed by atoms with Crippen LogP contribution in [0.4, 0.5) is 5.69 Å². The number of ether oxygens (including phenoxy) is 1. The van der Waals surface area contributed by atoms with Crippen LogP contribution in [0.1, 0.15) is 25.9 Å². The zero-order chi connectivity index (χ0) is 14.0. The number of aryl methyl sites for hydroxylation is 2. The van der Waals surface area contributed by atoms with E-state index < -0.39 is 5.97 Å². The minimum absolute atomic E-state index is 0.0602. The molecule has 3 N–H and O–H groups in total. The molecule has 0 aliphatic rings. The zero-order valence-corrected chi connectivity index (χ0v) is 11.5. The number of nitrogens with zero attached hydrogens (tertiary/aromatic N) is 1. The van der Waals surface area contributed by atoms with E-state index in [4.69, 9.17) is 15.6 Å². The van der Waals surface area contributed by atoms with Crippen LogP contribution in [0, 0.1) is 13.8 Å². The maximum atomic E-state index is 11.1. The van der Waals surface area contributed by atoms with Crippen LogP contribution in [0.3, 0.4) is 0 Å². The van der Waals surface area contributed by atoms with Gasteiger partial charge in [0.2, 0.25) is 0 Å². The molecule has 0 bridgehead atoms. The predicted octanol–water partition coefficient (Wildman–Crippen LogP) is 2.62. The second-order valence-electron chi connectivity index (χ2n) is 4.10. The number of hydrogen-bond acceptors (Lipinski definition) is 5. The second kappa shape index (κ2) is 5.27. The van der Waals surface area contributed by atoms with Crippen LogP contribution in [0.5, 0.6) is 5.75 Å². The molecule has 0 aliphatic heterocycles. The minimum atomic E-state index is -1.06. The predicted molar refractivity (Wildman–Crippen MR) is 73.7 cm³/mol. The highest BCUT2D eigenvalue weighted by Gasteiger charge is 2.13. The van der Waals surface area contributed by atoms with Crippen LogP contribution in [0.2, 0.25) is 0 Å². The second-order valence-corrected chi connectivity index (χ2v) is 5.39. The van der Waals surface area contributed by atoms with E-state index in [0.29, 0.717) is 11.4 Å². The maximum Gasteiger partial charge on any atom is 0.339 e. The number of hydrogen-bond donors (Lipinski definition) is 2. The Morgan fingerprint density at radius 1 is 1.47 bits per heavy atom. The average molecular weight is 278 g/mol. The van der Waals surface area contributed by atoms with Crippen molar-refractivity contribution < 1.29 is 14.6 Å². The standard InChI is InChI=1S/C13H14N2O3S/c1-7-8(2)19-12(15-7)6-18-11-4-3-9(14)5-10(11)13(16)17/h3-5H,6,14H2,1-2H3,(H,16,17). The Balaban J connectivity index is 2.17. The van der Waals surface area contributed by atoms with Crippen molar-refractivity contribution in [3.63, 3.8) is 0 Å². The molecular formula is C13H14N2O3S.